The number of hydrogen-bond donors (Lipinski definition) is 1. The minimum Gasteiger partial charge on any atom is -0.353 e. The minimum absolute atomic E-state index is 0.0261. The second-order valence-corrected chi connectivity index (χ2v) is 9.08. The summed E-state index contributed by atoms with van der Waals surface area (Å²) in [4.78, 5) is 12.8. The fraction of sp³-hybridized carbons (Fsp3) is 0.632. The standard InChI is InChI=1S/C19H30N2O3S/c1-5-7-16(4)20-19(22)17-8-6-11-21(13-17)25(23,24)18-12-14(2)9-10-15(18)3/h9-10,12,16-17H,5-8,11,13H2,1-4H3,(H,20,22)/t16-,17-/m0/s1. The van der Waals surface area contributed by atoms with E-state index < -0.39 is 10.0 Å². The quantitative estimate of drug-likeness (QED) is 0.841. The molecule has 5 nitrogen and oxygen atoms in total. The lowest BCUT2D eigenvalue weighted by Gasteiger charge is -2.32. The summed E-state index contributed by atoms with van der Waals surface area (Å²) in [6, 6.07) is 5.60. The summed E-state index contributed by atoms with van der Waals surface area (Å²) in [6.07, 6.45) is 3.40. The molecule has 0 spiro atoms. The average molecular weight is 367 g/mol. The highest BCUT2D eigenvalue weighted by atomic mass is 32.2. The smallest absolute Gasteiger partial charge is 0.243 e. The summed E-state index contributed by atoms with van der Waals surface area (Å²) in [7, 11) is -3.57. The highest BCUT2D eigenvalue weighted by molar-refractivity contribution is 7.89. The van der Waals surface area contributed by atoms with Gasteiger partial charge in [-0.25, -0.2) is 8.42 Å². The minimum atomic E-state index is -3.57. The van der Waals surface area contributed by atoms with Crippen LogP contribution >= 0.6 is 0 Å². The van der Waals surface area contributed by atoms with Crippen molar-refractivity contribution >= 4 is 15.9 Å². The maximum atomic E-state index is 13.0. The van der Waals surface area contributed by atoms with Crippen LogP contribution in [0.3, 0.4) is 0 Å². The molecular weight excluding hydrogens is 336 g/mol. The van der Waals surface area contributed by atoms with Crippen LogP contribution in [0.15, 0.2) is 23.1 Å². The van der Waals surface area contributed by atoms with E-state index in [-0.39, 0.29) is 24.4 Å². The Kier molecular flexibility index (Phi) is 6.63. The first-order valence-electron chi connectivity index (χ1n) is 9.13. The van der Waals surface area contributed by atoms with Crippen molar-refractivity contribution in [2.75, 3.05) is 13.1 Å². The second-order valence-electron chi connectivity index (χ2n) is 7.17. The Morgan fingerprint density at radius 3 is 2.76 bits per heavy atom. The Morgan fingerprint density at radius 2 is 2.08 bits per heavy atom. The van der Waals surface area contributed by atoms with E-state index >= 15 is 0 Å². The SMILES string of the molecule is CCC[C@H](C)NC(=O)[C@H]1CCCN(S(=O)(=O)c2cc(C)ccc2C)C1. The molecule has 1 heterocycles. The molecule has 1 aromatic rings. The van der Waals surface area contributed by atoms with Crippen LogP contribution in [0.2, 0.25) is 0 Å². The molecule has 0 aliphatic carbocycles. The van der Waals surface area contributed by atoms with E-state index in [2.05, 4.69) is 12.2 Å². The van der Waals surface area contributed by atoms with Crippen molar-refractivity contribution in [1.82, 2.24) is 9.62 Å². The molecule has 0 bridgehead atoms. The predicted molar refractivity (Wildman–Crippen MR) is 99.9 cm³/mol. The predicted octanol–water partition coefficient (Wildman–Crippen LogP) is 3.01. The molecule has 1 saturated heterocycles. The van der Waals surface area contributed by atoms with Crippen LogP contribution < -0.4 is 5.32 Å². The van der Waals surface area contributed by atoms with Crippen molar-refractivity contribution in [3.63, 3.8) is 0 Å². The highest BCUT2D eigenvalue weighted by Crippen LogP contribution is 2.26. The molecule has 0 radical (unpaired) electrons. The van der Waals surface area contributed by atoms with E-state index in [9.17, 15) is 13.2 Å². The van der Waals surface area contributed by atoms with Gasteiger partial charge in [-0.05, 0) is 57.2 Å². The van der Waals surface area contributed by atoms with Gasteiger partial charge in [0.15, 0.2) is 0 Å². The van der Waals surface area contributed by atoms with Gasteiger partial charge in [0.25, 0.3) is 0 Å². The van der Waals surface area contributed by atoms with E-state index in [1.807, 2.05) is 32.9 Å². The Balaban J connectivity index is 2.14. The lowest BCUT2D eigenvalue weighted by atomic mass is 9.98. The summed E-state index contributed by atoms with van der Waals surface area (Å²) in [6.45, 7) is 8.52. The monoisotopic (exact) mass is 366 g/mol. The zero-order valence-electron chi connectivity index (χ0n) is 15.7. The molecule has 25 heavy (non-hydrogen) atoms. The van der Waals surface area contributed by atoms with Crippen LogP contribution in [0.4, 0.5) is 0 Å². The molecule has 1 aromatic carbocycles. The zero-order chi connectivity index (χ0) is 18.6. The topological polar surface area (TPSA) is 66.5 Å². The van der Waals surface area contributed by atoms with Gasteiger partial charge < -0.3 is 5.32 Å². The number of carbonyl (C=O) groups excluding carboxylic acids is 1. The number of nitrogens with zero attached hydrogens (tertiary/aromatic N) is 1. The zero-order valence-corrected chi connectivity index (χ0v) is 16.5. The third kappa shape index (κ3) is 4.82. The van der Waals surface area contributed by atoms with Crippen molar-refractivity contribution in [1.29, 1.82) is 0 Å². The fourth-order valence-corrected chi connectivity index (χ4v) is 5.20. The maximum absolute atomic E-state index is 13.0. The van der Waals surface area contributed by atoms with Gasteiger partial charge in [0.1, 0.15) is 0 Å². The van der Waals surface area contributed by atoms with E-state index in [0.29, 0.717) is 17.9 Å². The van der Waals surface area contributed by atoms with Crippen LogP contribution in [-0.4, -0.2) is 37.8 Å². The van der Waals surface area contributed by atoms with Gasteiger partial charge in [-0.3, -0.25) is 4.79 Å². The normalized spacial score (nSPS) is 20.2. The Bertz CT molecular complexity index is 715. The molecule has 2 rings (SSSR count). The highest BCUT2D eigenvalue weighted by Gasteiger charge is 2.34. The number of aryl methyl sites for hydroxylation is 2. The number of piperidine rings is 1. The Morgan fingerprint density at radius 1 is 1.36 bits per heavy atom. The van der Waals surface area contributed by atoms with Gasteiger partial charge in [-0.2, -0.15) is 4.31 Å². The number of benzene rings is 1. The molecule has 1 N–H and O–H groups in total. The van der Waals surface area contributed by atoms with Crippen LogP contribution in [0, 0.1) is 19.8 Å². The summed E-state index contributed by atoms with van der Waals surface area (Å²) in [5.41, 5.74) is 1.66. The van der Waals surface area contributed by atoms with E-state index in [0.717, 1.165) is 30.4 Å². The summed E-state index contributed by atoms with van der Waals surface area (Å²) in [5, 5.41) is 3.02. The third-order valence-electron chi connectivity index (χ3n) is 4.83. The molecule has 0 unspecified atom stereocenters. The molecule has 6 heteroatoms. The van der Waals surface area contributed by atoms with Gasteiger partial charge >= 0.3 is 0 Å². The van der Waals surface area contributed by atoms with E-state index in [4.69, 9.17) is 0 Å². The van der Waals surface area contributed by atoms with Crippen molar-refractivity contribution in [2.45, 2.75) is 64.3 Å². The molecule has 1 aliphatic rings. The van der Waals surface area contributed by atoms with Crippen LogP contribution in [0.5, 0.6) is 0 Å². The lowest BCUT2D eigenvalue weighted by molar-refractivity contribution is -0.126. The first-order chi connectivity index (χ1) is 11.8. The van der Waals surface area contributed by atoms with Crippen molar-refractivity contribution < 1.29 is 13.2 Å². The second kappa shape index (κ2) is 8.32. The molecule has 2 atom stereocenters. The Labute approximate surface area is 151 Å². The third-order valence-corrected chi connectivity index (χ3v) is 6.83. The maximum Gasteiger partial charge on any atom is 0.243 e. The fourth-order valence-electron chi connectivity index (χ4n) is 3.36. The molecule has 1 fully saturated rings. The molecule has 140 valence electrons. The first-order valence-corrected chi connectivity index (χ1v) is 10.6. The first kappa shape index (κ1) is 19.9. The van der Waals surface area contributed by atoms with Gasteiger partial charge in [-0.15, -0.1) is 0 Å². The summed E-state index contributed by atoms with van der Waals surface area (Å²) < 4.78 is 27.6. The number of carbonyl (C=O) groups is 1. The number of amides is 1. The number of hydrogen-bond acceptors (Lipinski definition) is 3. The van der Waals surface area contributed by atoms with Gasteiger partial charge in [0.05, 0.1) is 10.8 Å². The molecule has 1 amide bonds. The number of rotatable bonds is 6. The van der Waals surface area contributed by atoms with Crippen LogP contribution in [-0.2, 0) is 14.8 Å². The largest absolute Gasteiger partial charge is 0.353 e. The Hall–Kier alpha value is -1.40. The number of sulfonamides is 1. The van der Waals surface area contributed by atoms with Gasteiger partial charge in [0, 0.05) is 19.1 Å². The molecule has 0 aromatic heterocycles. The van der Waals surface area contributed by atoms with Crippen LogP contribution in [0.25, 0.3) is 0 Å². The van der Waals surface area contributed by atoms with Crippen molar-refractivity contribution in [3.05, 3.63) is 29.3 Å². The lowest BCUT2D eigenvalue weighted by Crippen LogP contribution is -2.47. The summed E-state index contributed by atoms with van der Waals surface area (Å²) >= 11 is 0. The molecular formula is C19H30N2O3S. The van der Waals surface area contributed by atoms with Gasteiger partial charge in [-0.1, -0.05) is 25.5 Å². The molecule has 0 saturated carbocycles. The van der Waals surface area contributed by atoms with Gasteiger partial charge in [0.2, 0.25) is 15.9 Å². The van der Waals surface area contributed by atoms with E-state index in [1.165, 1.54) is 4.31 Å². The van der Waals surface area contributed by atoms with Crippen molar-refractivity contribution in [2.24, 2.45) is 5.92 Å². The molecule has 1 aliphatic heterocycles. The average Bonchev–Trinajstić information content (AvgIpc) is 2.57. The van der Waals surface area contributed by atoms with Crippen molar-refractivity contribution in [3.8, 4) is 0 Å². The summed E-state index contributed by atoms with van der Waals surface area (Å²) in [5.74, 6) is -0.297. The number of nitrogens with one attached hydrogen (secondary N) is 1. The van der Waals surface area contributed by atoms with Crippen LogP contribution in [0.1, 0.15) is 50.7 Å². The van der Waals surface area contributed by atoms with E-state index in [1.54, 1.807) is 6.07 Å².